The van der Waals surface area contributed by atoms with E-state index in [1.165, 1.54) is 43.5 Å². The van der Waals surface area contributed by atoms with Gasteiger partial charge in [-0.05, 0) is 144 Å². The van der Waals surface area contributed by atoms with Gasteiger partial charge in [0.15, 0.2) is 0 Å². The van der Waals surface area contributed by atoms with E-state index in [-0.39, 0.29) is 11.5 Å². The Balaban J connectivity index is 1.04. The molecule has 8 nitrogen and oxygen atoms in total. The maximum atomic E-state index is 12.6. The Morgan fingerprint density at radius 3 is 2.02 bits per heavy atom. The number of amides is 1. The average molecular weight is 705 g/mol. The van der Waals surface area contributed by atoms with Crippen molar-refractivity contribution in [3.05, 3.63) is 70.3 Å². The summed E-state index contributed by atoms with van der Waals surface area (Å²) in [6, 6.07) is 15.7. The van der Waals surface area contributed by atoms with Crippen LogP contribution in [0.4, 0.5) is 10.5 Å². The molecular formula is C41H57ClN4O4. The quantitative estimate of drug-likeness (QED) is 0.297. The predicted molar refractivity (Wildman–Crippen MR) is 202 cm³/mol. The molecule has 4 aliphatic rings. The number of carboxylic acids is 1. The van der Waals surface area contributed by atoms with Crippen molar-refractivity contribution in [1.29, 1.82) is 0 Å². The zero-order chi connectivity index (χ0) is 35.5. The first-order valence-electron chi connectivity index (χ1n) is 18.8. The maximum absolute atomic E-state index is 12.6. The number of piperidine rings is 2. The Morgan fingerprint density at radius 1 is 0.840 bits per heavy atom. The van der Waals surface area contributed by atoms with Crippen LogP contribution in [0.15, 0.2) is 54.1 Å². The van der Waals surface area contributed by atoms with Crippen molar-refractivity contribution < 1.29 is 19.4 Å². The first kappa shape index (κ1) is 36.7. The highest BCUT2D eigenvalue weighted by Gasteiger charge is 2.37. The van der Waals surface area contributed by atoms with E-state index in [2.05, 4.69) is 33.8 Å². The van der Waals surface area contributed by atoms with E-state index in [1.54, 1.807) is 17.7 Å². The minimum Gasteiger partial charge on any atom is -0.478 e. The van der Waals surface area contributed by atoms with Crippen molar-refractivity contribution in [3.63, 3.8) is 0 Å². The van der Waals surface area contributed by atoms with E-state index in [9.17, 15) is 14.7 Å². The van der Waals surface area contributed by atoms with Crippen LogP contribution in [0.5, 0.6) is 0 Å². The summed E-state index contributed by atoms with van der Waals surface area (Å²) in [6.07, 6.45) is 7.94. The molecule has 50 heavy (non-hydrogen) atoms. The van der Waals surface area contributed by atoms with Crippen LogP contribution in [0.2, 0.25) is 5.02 Å². The number of carbonyl (C=O) groups excluding carboxylic acids is 1. The zero-order valence-electron chi connectivity index (χ0n) is 30.6. The maximum Gasteiger partial charge on any atom is 0.410 e. The summed E-state index contributed by atoms with van der Waals surface area (Å²) in [4.78, 5) is 33.5. The minimum absolute atomic E-state index is 0.161. The molecule has 0 bridgehead atoms. The Morgan fingerprint density at radius 2 is 1.44 bits per heavy atom. The molecule has 2 aromatic rings. The van der Waals surface area contributed by atoms with Crippen LogP contribution in [-0.4, -0.2) is 103 Å². The molecule has 3 fully saturated rings. The van der Waals surface area contributed by atoms with Gasteiger partial charge in [-0.25, -0.2) is 9.59 Å². The summed E-state index contributed by atoms with van der Waals surface area (Å²) in [5.41, 5.74) is 5.61. The van der Waals surface area contributed by atoms with Crippen LogP contribution in [0.3, 0.4) is 0 Å². The summed E-state index contributed by atoms with van der Waals surface area (Å²) in [6.45, 7) is 18.3. The molecule has 1 atom stereocenters. The fourth-order valence-corrected chi connectivity index (χ4v) is 8.98. The fourth-order valence-electron chi connectivity index (χ4n) is 8.85. The molecule has 9 heteroatoms. The SMILES string of the molecule is CC(C)(C)OC(=O)N1CCC(C2CCN(C[C@]3(C)CCC(c4ccc(Cl)cc4)=C(CN4CCN(c5ccc(C(=O)O)cc5)CC4)C3)CC2)CC1. The summed E-state index contributed by atoms with van der Waals surface area (Å²) >= 11 is 6.30. The summed E-state index contributed by atoms with van der Waals surface area (Å²) in [5, 5.41) is 10.1. The number of hydrogen-bond donors (Lipinski definition) is 1. The van der Waals surface area contributed by atoms with Gasteiger partial charge in [0, 0.05) is 63.1 Å². The van der Waals surface area contributed by atoms with Gasteiger partial charge in [0.05, 0.1) is 5.56 Å². The number of rotatable bonds is 8. The fraction of sp³-hybridized carbons (Fsp3) is 0.610. The van der Waals surface area contributed by atoms with Gasteiger partial charge in [0.2, 0.25) is 0 Å². The highest BCUT2D eigenvalue weighted by molar-refractivity contribution is 6.30. The summed E-state index contributed by atoms with van der Waals surface area (Å²) in [7, 11) is 0. The number of halogens is 1. The lowest BCUT2D eigenvalue weighted by Gasteiger charge is -2.45. The Labute approximate surface area is 304 Å². The number of hydrogen-bond acceptors (Lipinski definition) is 6. The van der Waals surface area contributed by atoms with Crippen molar-refractivity contribution in [2.75, 3.05) is 70.3 Å². The molecule has 0 saturated carbocycles. The van der Waals surface area contributed by atoms with Gasteiger partial charge in [-0.1, -0.05) is 36.2 Å². The molecule has 2 aromatic carbocycles. The molecular weight excluding hydrogens is 648 g/mol. The van der Waals surface area contributed by atoms with Gasteiger partial charge >= 0.3 is 12.1 Å². The number of likely N-dealkylation sites (tertiary alicyclic amines) is 2. The smallest absolute Gasteiger partial charge is 0.410 e. The molecule has 272 valence electrons. The lowest BCUT2D eigenvalue weighted by atomic mass is 9.70. The van der Waals surface area contributed by atoms with E-state index in [1.807, 2.05) is 49.9 Å². The second kappa shape index (κ2) is 15.7. The topological polar surface area (TPSA) is 76.6 Å². The molecule has 0 aromatic heterocycles. The second-order valence-electron chi connectivity index (χ2n) is 16.6. The monoisotopic (exact) mass is 704 g/mol. The number of ether oxygens (including phenoxy) is 1. The lowest BCUT2D eigenvalue weighted by Crippen LogP contribution is -2.48. The molecule has 1 N–H and O–H groups in total. The predicted octanol–water partition coefficient (Wildman–Crippen LogP) is 8.16. The first-order chi connectivity index (χ1) is 23.8. The van der Waals surface area contributed by atoms with Gasteiger partial charge in [-0.3, -0.25) is 4.90 Å². The largest absolute Gasteiger partial charge is 0.478 e. The first-order valence-corrected chi connectivity index (χ1v) is 19.2. The van der Waals surface area contributed by atoms with E-state index in [4.69, 9.17) is 16.3 Å². The van der Waals surface area contributed by atoms with Gasteiger partial charge in [0.25, 0.3) is 0 Å². The summed E-state index contributed by atoms with van der Waals surface area (Å²) < 4.78 is 5.62. The highest BCUT2D eigenvalue weighted by Crippen LogP contribution is 2.44. The van der Waals surface area contributed by atoms with E-state index in [0.29, 0.717) is 11.5 Å². The standard InChI is InChI=1S/C41H57ClN4O4/c1-40(2,3)50-39(49)46-21-16-31(17-22-46)30-14-19-44(20-15-30)29-41(4)18-13-37(32-5-9-35(42)10-6-32)34(27-41)28-43-23-25-45(26-24-43)36-11-7-33(8-12-36)38(47)48/h5-12,30-31H,13-29H2,1-4H3,(H,47,48)/t41-/m1/s1. The number of allylic oxidation sites excluding steroid dienone is 1. The van der Waals surface area contributed by atoms with Crippen LogP contribution in [0.25, 0.3) is 5.57 Å². The third-order valence-electron chi connectivity index (χ3n) is 11.6. The number of carboxylic acid groups (broad SMARTS) is 1. The molecule has 3 heterocycles. The third kappa shape index (κ3) is 9.42. The zero-order valence-corrected chi connectivity index (χ0v) is 31.4. The van der Waals surface area contributed by atoms with Crippen molar-refractivity contribution in [3.8, 4) is 0 Å². The molecule has 0 unspecified atom stereocenters. The van der Waals surface area contributed by atoms with Crippen LogP contribution in [-0.2, 0) is 4.74 Å². The van der Waals surface area contributed by atoms with E-state index < -0.39 is 11.6 Å². The number of nitrogens with zero attached hydrogens (tertiary/aromatic N) is 4. The van der Waals surface area contributed by atoms with E-state index >= 15 is 0 Å². The number of benzene rings is 2. The number of anilines is 1. The van der Waals surface area contributed by atoms with Gasteiger partial charge in [0.1, 0.15) is 5.60 Å². The minimum atomic E-state index is -0.885. The Kier molecular flexibility index (Phi) is 11.5. The molecule has 0 spiro atoms. The van der Waals surface area contributed by atoms with Crippen molar-refractivity contribution in [1.82, 2.24) is 14.7 Å². The molecule has 3 aliphatic heterocycles. The van der Waals surface area contributed by atoms with Gasteiger partial charge < -0.3 is 24.5 Å². The molecule has 0 radical (unpaired) electrons. The number of carbonyl (C=O) groups is 2. The Bertz CT molecular complexity index is 1500. The van der Waals surface area contributed by atoms with Crippen LogP contribution < -0.4 is 4.90 Å². The Hall–Kier alpha value is -3.07. The molecule has 1 amide bonds. The average Bonchev–Trinajstić information content (AvgIpc) is 3.09. The van der Waals surface area contributed by atoms with Crippen molar-refractivity contribution in [2.45, 2.75) is 78.2 Å². The van der Waals surface area contributed by atoms with Crippen molar-refractivity contribution in [2.24, 2.45) is 17.3 Å². The third-order valence-corrected chi connectivity index (χ3v) is 11.9. The van der Waals surface area contributed by atoms with Crippen molar-refractivity contribution >= 4 is 34.9 Å². The van der Waals surface area contributed by atoms with E-state index in [0.717, 1.165) is 94.7 Å². The number of aromatic carboxylic acids is 1. The second-order valence-corrected chi connectivity index (χ2v) is 17.0. The number of piperazine rings is 1. The molecule has 6 rings (SSSR count). The molecule has 1 aliphatic carbocycles. The lowest BCUT2D eigenvalue weighted by molar-refractivity contribution is 0.0126. The van der Waals surface area contributed by atoms with Crippen LogP contribution in [0.1, 0.15) is 88.6 Å². The summed E-state index contributed by atoms with van der Waals surface area (Å²) in [5.74, 6) is 0.582. The van der Waals surface area contributed by atoms with Gasteiger partial charge in [-0.15, -0.1) is 0 Å². The normalized spacial score (nSPS) is 23.7. The molecule has 3 saturated heterocycles. The van der Waals surface area contributed by atoms with Crippen LogP contribution >= 0.6 is 11.6 Å². The van der Waals surface area contributed by atoms with Gasteiger partial charge in [-0.2, -0.15) is 0 Å². The highest BCUT2D eigenvalue weighted by atomic mass is 35.5. The van der Waals surface area contributed by atoms with Crippen LogP contribution in [0, 0.1) is 17.3 Å².